The number of aryl methyl sites for hydroxylation is 1. The quantitative estimate of drug-likeness (QED) is 0.558. The van der Waals surface area contributed by atoms with Crippen molar-refractivity contribution in [2.75, 3.05) is 6.61 Å². The molecule has 7 heteroatoms. The van der Waals surface area contributed by atoms with Crippen molar-refractivity contribution in [3.63, 3.8) is 0 Å². The fraction of sp³-hybridized carbons (Fsp3) is 0.190. The van der Waals surface area contributed by atoms with Crippen LogP contribution in [0.25, 0.3) is 22.2 Å². The summed E-state index contributed by atoms with van der Waals surface area (Å²) in [5.74, 6) is 0.659. The summed E-state index contributed by atoms with van der Waals surface area (Å²) < 4.78 is 8.57. The molecule has 0 amide bonds. The van der Waals surface area contributed by atoms with Crippen LogP contribution in [0.3, 0.4) is 0 Å². The average molecular weight is 376 g/mol. The highest BCUT2D eigenvalue weighted by atomic mass is 16.5. The van der Waals surface area contributed by atoms with Crippen LogP contribution in [0.2, 0.25) is 0 Å². The van der Waals surface area contributed by atoms with Gasteiger partial charge in [0.15, 0.2) is 5.65 Å². The Kier molecular flexibility index (Phi) is 4.90. The van der Waals surface area contributed by atoms with Gasteiger partial charge < -0.3 is 9.84 Å². The molecule has 0 aliphatic heterocycles. The van der Waals surface area contributed by atoms with Gasteiger partial charge in [-0.15, -0.1) is 0 Å². The van der Waals surface area contributed by atoms with Crippen molar-refractivity contribution in [2.45, 2.75) is 12.6 Å². The molecular weight excluding hydrogens is 356 g/mol. The normalized spacial score (nSPS) is 12.2. The Hall–Kier alpha value is -3.45. The van der Waals surface area contributed by atoms with Gasteiger partial charge in [0.2, 0.25) is 0 Å². The zero-order valence-electron chi connectivity index (χ0n) is 15.4. The third kappa shape index (κ3) is 3.65. The van der Waals surface area contributed by atoms with Gasteiger partial charge in [0.25, 0.3) is 5.56 Å². The first-order chi connectivity index (χ1) is 13.6. The standard InChI is InChI=1S/C21H20N4O3/c1-24-20-19(11-23-24)21(27)25(14-22-20)12-17(26)13-28-18-9-7-16(8-10-18)15-5-3-2-4-6-15/h2-11,14,17,26H,12-13H2,1H3. The number of hydrogen-bond donors (Lipinski definition) is 1. The third-order valence-corrected chi connectivity index (χ3v) is 4.53. The predicted octanol–water partition coefficient (Wildman–Crippen LogP) is 2.24. The Morgan fingerprint density at radius 1 is 1.07 bits per heavy atom. The molecule has 28 heavy (non-hydrogen) atoms. The summed E-state index contributed by atoms with van der Waals surface area (Å²) in [5, 5.41) is 14.7. The molecule has 0 radical (unpaired) electrons. The van der Waals surface area contributed by atoms with E-state index in [2.05, 4.69) is 10.1 Å². The Morgan fingerprint density at radius 2 is 1.79 bits per heavy atom. The average Bonchev–Trinajstić information content (AvgIpc) is 3.11. The Morgan fingerprint density at radius 3 is 2.54 bits per heavy atom. The molecule has 4 rings (SSSR count). The highest BCUT2D eigenvalue weighted by Crippen LogP contribution is 2.22. The second kappa shape index (κ2) is 7.66. The predicted molar refractivity (Wildman–Crippen MR) is 106 cm³/mol. The minimum Gasteiger partial charge on any atom is -0.491 e. The second-order valence-corrected chi connectivity index (χ2v) is 6.56. The van der Waals surface area contributed by atoms with Gasteiger partial charge in [-0.2, -0.15) is 5.10 Å². The minimum atomic E-state index is -0.845. The number of fused-ring (bicyclic) bond motifs is 1. The SMILES string of the molecule is Cn1ncc2c(=O)n(CC(O)COc3ccc(-c4ccccc4)cc3)cnc21. The highest BCUT2D eigenvalue weighted by Gasteiger charge is 2.12. The number of aliphatic hydroxyl groups excluding tert-OH is 1. The van der Waals surface area contributed by atoms with Crippen LogP contribution in [0.5, 0.6) is 5.75 Å². The summed E-state index contributed by atoms with van der Waals surface area (Å²) in [4.78, 5) is 16.7. The number of ether oxygens (including phenoxy) is 1. The zero-order valence-corrected chi connectivity index (χ0v) is 15.4. The molecule has 4 aromatic rings. The van der Waals surface area contributed by atoms with Gasteiger partial charge in [-0.25, -0.2) is 4.98 Å². The van der Waals surface area contributed by atoms with E-state index in [0.717, 1.165) is 11.1 Å². The fourth-order valence-electron chi connectivity index (χ4n) is 3.04. The molecule has 2 aromatic carbocycles. The maximum Gasteiger partial charge on any atom is 0.264 e. The topological polar surface area (TPSA) is 82.2 Å². The molecule has 0 fully saturated rings. The summed E-state index contributed by atoms with van der Waals surface area (Å²) in [7, 11) is 1.73. The molecule has 0 saturated heterocycles. The van der Waals surface area contributed by atoms with Crippen LogP contribution in [-0.2, 0) is 13.6 Å². The summed E-state index contributed by atoms with van der Waals surface area (Å²) >= 11 is 0. The minimum absolute atomic E-state index is 0.0716. The fourth-order valence-corrected chi connectivity index (χ4v) is 3.04. The Bertz CT molecular complexity index is 1130. The summed E-state index contributed by atoms with van der Waals surface area (Å²) in [6.07, 6.45) is 2.06. The van der Waals surface area contributed by atoms with Gasteiger partial charge in [-0.1, -0.05) is 42.5 Å². The summed E-state index contributed by atoms with van der Waals surface area (Å²) in [5.41, 5.74) is 2.51. The monoisotopic (exact) mass is 376 g/mol. The van der Waals surface area contributed by atoms with E-state index in [9.17, 15) is 9.90 Å². The molecule has 0 bridgehead atoms. The van der Waals surface area contributed by atoms with Crippen LogP contribution in [0.4, 0.5) is 0 Å². The molecule has 1 unspecified atom stereocenters. The molecule has 142 valence electrons. The van der Waals surface area contributed by atoms with Gasteiger partial charge in [-0.3, -0.25) is 14.0 Å². The van der Waals surface area contributed by atoms with Crippen LogP contribution in [-0.4, -0.2) is 37.1 Å². The maximum absolute atomic E-state index is 12.4. The van der Waals surface area contributed by atoms with Crippen molar-refractivity contribution in [2.24, 2.45) is 7.05 Å². The van der Waals surface area contributed by atoms with E-state index >= 15 is 0 Å². The number of nitrogens with zero attached hydrogens (tertiary/aromatic N) is 4. The van der Waals surface area contributed by atoms with Crippen molar-refractivity contribution < 1.29 is 9.84 Å². The van der Waals surface area contributed by atoms with E-state index in [1.54, 1.807) is 11.7 Å². The number of rotatable bonds is 6. The van der Waals surface area contributed by atoms with Crippen LogP contribution in [0, 0.1) is 0 Å². The van der Waals surface area contributed by atoms with E-state index in [4.69, 9.17) is 4.74 Å². The largest absolute Gasteiger partial charge is 0.491 e. The van der Waals surface area contributed by atoms with Crippen molar-refractivity contribution >= 4 is 11.0 Å². The van der Waals surface area contributed by atoms with Gasteiger partial charge in [0, 0.05) is 7.05 Å². The molecule has 0 aliphatic carbocycles. The molecular formula is C21H20N4O3. The lowest BCUT2D eigenvalue weighted by molar-refractivity contribution is 0.0915. The summed E-state index contributed by atoms with van der Waals surface area (Å²) in [6, 6.07) is 17.7. The smallest absolute Gasteiger partial charge is 0.264 e. The van der Waals surface area contributed by atoms with Crippen molar-refractivity contribution in [1.82, 2.24) is 19.3 Å². The van der Waals surface area contributed by atoms with Crippen LogP contribution < -0.4 is 10.3 Å². The molecule has 7 nitrogen and oxygen atoms in total. The highest BCUT2D eigenvalue weighted by molar-refractivity contribution is 5.72. The first-order valence-electron chi connectivity index (χ1n) is 8.95. The van der Waals surface area contributed by atoms with E-state index in [1.807, 2.05) is 54.6 Å². The summed E-state index contributed by atoms with van der Waals surface area (Å²) in [6.45, 7) is 0.168. The van der Waals surface area contributed by atoms with Crippen molar-refractivity contribution in [1.29, 1.82) is 0 Å². The van der Waals surface area contributed by atoms with E-state index in [0.29, 0.717) is 16.8 Å². The lowest BCUT2D eigenvalue weighted by Gasteiger charge is -2.14. The zero-order chi connectivity index (χ0) is 19.5. The first-order valence-corrected chi connectivity index (χ1v) is 8.95. The van der Waals surface area contributed by atoms with Gasteiger partial charge in [-0.05, 0) is 23.3 Å². The van der Waals surface area contributed by atoms with Crippen LogP contribution >= 0.6 is 0 Å². The van der Waals surface area contributed by atoms with Gasteiger partial charge >= 0.3 is 0 Å². The van der Waals surface area contributed by atoms with Gasteiger partial charge in [0.05, 0.1) is 12.7 Å². The number of aliphatic hydroxyl groups is 1. The third-order valence-electron chi connectivity index (χ3n) is 4.53. The van der Waals surface area contributed by atoms with Crippen molar-refractivity contribution in [3.05, 3.63) is 77.5 Å². The molecule has 0 aliphatic rings. The van der Waals surface area contributed by atoms with E-state index in [1.165, 1.54) is 17.1 Å². The van der Waals surface area contributed by atoms with Crippen LogP contribution in [0.1, 0.15) is 0 Å². The molecule has 1 N–H and O–H groups in total. The molecule has 0 saturated carbocycles. The van der Waals surface area contributed by atoms with Crippen LogP contribution in [0.15, 0.2) is 71.9 Å². The lowest BCUT2D eigenvalue weighted by atomic mass is 10.1. The molecule has 0 spiro atoms. The maximum atomic E-state index is 12.4. The number of benzene rings is 2. The number of hydrogen-bond acceptors (Lipinski definition) is 5. The van der Waals surface area contributed by atoms with Gasteiger partial charge in [0.1, 0.15) is 30.2 Å². The molecule has 2 heterocycles. The molecule has 2 aromatic heterocycles. The first kappa shape index (κ1) is 17.9. The molecule has 1 atom stereocenters. The second-order valence-electron chi connectivity index (χ2n) is 6.56. The lowest BCUT2D eigenvalue weighted by Crippen LogP contribution is -2.30. The van der Waals surface area contributed by atoms with E-state index < -0.39 is 6.10 Å². The number of aromatic nitrogens is 4. The van der Waals surface area contributed by atoms with Crippen molar-refractivity contribution in [3.8, 4) is 16.9 Å². The van der Waals surface area contributed by atoms with E-state index in [-0.39, 0.29) is 18.7 Å². The Labute approximate surface area is 161 Å². The Balaban J connectivity index is 1.39.